The second-order valence-corrected chi connectivity index (χ2v) is 3.85. The highest BCUT2D eigenvalue weighted by molar-refractivity contribution is 5.93. The van der Waals surface area contributed by atoms with Gasteiger partial charge >= 0.3 is 5.97 Å². The monoisotopic (exact) mass is 239 g/mol. The van der Waals surface area contributed by atoms with Crippen molar-refractivity contribution in [3.05, 3.63) is 23.8 Å². The van der Waals surface area contributed by atoms with Crippen LogP contribution in [0.1, 0.15) is 17.3 Å². The van der Waals surface area contributed by atoms with Gasteiger partial charge in [-0.25, -0.2) is 4.79 Å². The Kier molecular flexibility index (Phi) is 4.78. The van der Waals surface area contributed by atoms with Crippen LogP contribution in [0.3, 0.4) is 0 Å². The maximum absolute atomic E-state index is 11.7. The number of ether oxygens (including phenoxy) is 2. The lowest BCUT2D eigenvalue weighted by atomic mass is 10.2. The van der Waals surface area contributed by atoms with Gasteiger partial charge in [-0.2, -0.15) is 0 Å². The Hall–Kier alpha value is -1.75. The number of benzene rings is 1. The van der Waals surface area contributed by atoms with Crippen LogP contribution in [0.15, 0.2) is 18.2 Å². The van der Waals surface area contributed by atoms with Crippen molar-refractivity contribution in [3.8, 4) is 5.75 Å². The number of methoxy groups -OCH3 is 1. The van der Waals surface area contributed by atoms with E-state index in [9.17, 15) is 4.79 Å². The molecule has 1 rings (SSSR count). The summed E-state index contributed by atoms with van der Waals surface area (Å²) in [4.78, 5) is 11.7. The minimum absolute atomic E-state index is 0.0217. The first-order valence-corrected chi connectivity index (χ1v) is 5.30. The minimum Gasteiger partial charge on any atom is -0.496 e. The average Bonchev–Trinajstić information content (AvgIpc) is 2.35. The van der Waals surface area contributed by atoms with Gasteiger partial charge in [0.05, 0.1) is 13.7 Å². The van der Waals surface area contributed by atoms with Gasteiger partial charge in [-0.3, -0.25) is 0 Å². The smallest absolute Gasteiger partial charge is 0.341 e. The van der Waals surface area contributed by atoms with Crippen LogP contribution in [0.25, 0.3) is 0 Å². The van der Waals surface area contributed by atoms with E-state index in [0.29, 0.717) is 17.0 Å². The number of rotatable bonds is 5. The summed E-state index contributed by atoms with van der Waals surface area (Å²) in [5.74, 6) is -0.187. The standard InChI is InChI=1S/C12H17NO4/c1-8(6-14)7-17-12(15)10-4-3-9(13)5-11(10)16-2/h3-5,8,14H,6-7,13H2,1-2H3. The fourth-order valence-corrected chi connectivity index (χ4v) is 1.22. The lowest BCUT2D eigenvalue weighted by Crippen LogP contribution is -2.15. The zero-order valence-corrected chi connectivity index (χ0v) is 9.97. The van der Waals surface area contributed by atoms with Crippen LogP contribution < -0.4 is 10.5 Å². The molecule has 0 saturated carbocycles. The molecule has 0 saturated heterocycles. The number of carbonyl (C=O) groups excluding carboxylic acids is 1. The molecule has 0 aliphatic heterocycles. The van der Waals surface area contributed by atoms with Crippen molar-refractivity contribution >= 4 is 11.7 Å². The lowest BCUT2D eigenvalue weighted by molar-refractivity contribution is 0.0402. The Balaban J connectivity index is 2.75. The molecule has 1 atom stereocenters. The van der Waals surface area contributed by atoms with E-state index in [1.165, 1.54) is 7.11 Å². The quantitative estimate of drug-likeness (QED) is 0.593. The fraction of sp³-hybridized carbons (Fsp3) is 0.417. The first-order chi connectivity index (χ1) is 8.08. The number of aliphatic hydroxyl groups excluding tert-OH is 1. The summed E-state index contributed by atoms with van der Waals surface area (Å²) >= 11 is 0. The molecule has 0 bridgehead atoms. The Bertz CT molecular complexity index is 392. The van der Waals surface area contributed by atoms with E-state index in [4.69, 9.17) is 20.3 Å². The van der Waals surface area contributed by atoms with Crippen molar-refractivity contribution in [3.63, 3.8) is 0 Å². The summed E-state index contributed by atoms with van der Waals surface area (Å²) in [6.07, 6.45) is 0. The number of nitrogens with two attached hydrogens (primary N) is 1. The topological polar surface area (TPSA) is 81.8 Å². The van der Waals surface area contributed by atoms with Gasteiger partial charge in [-0.15, -0.1) is 0 Å². The van der Waals surface area contributed by atoms with Crippen LogP contribution in [0.5, 0.6) is 5.75 Å². The van der Waals surface area contributed by atoms with Crippen molar-refractivity contribution in [2.75, 3.05) is 26.1 Å². The van der Waals surface area contributed by atoms with Gasteiger partial charge in [-0.05, 0) is 12.1 Å². The SMILES string of the molecule is COc1cc(N)ccc1C(=O)OCC(C)CO. The molecule has 0 spiro atoms. The van der Waals surface area contributed by atoms with Gasteiger partial charge < -0.3 is 20.3 Å². The number of nitrogen functional groups attached to an aromatic ring is 1. The third-order valence-corrected chi connectivity index (χ3v) is 2.26. The van der Waals surface area contributed by atoms with Crippen molar-refractivity contribution in [2.45, 2.75) is 6.92 Å². The van der Waals surface area contributed by atoms with E-state index in [1.54, 1.807) is 25.1 Å². The predicted octanol–water partition coefficient (Wildman–Crippen LogP) is 1.06. The molecule has 5 heteroatoms. The molecule has 0 amide bonds. The fourth-order valence-electron chi connectivity index (χ4n) is 1.22. The highest BCUT2D eigenvalue weighted by atomic mass is 16.5. The number of anilines is 1. The van der Waals surface area contributed by atoms with Gasteiger partial charge in [0.1, 0.15) is 11.3 Å². The molecule has 1 aromatic rings. The number of hydrogen-bond donors (Lipinski definition) is 2. The van der Waals surface area contributed by atoms with E-state index in [1.807, 2.05) is 0 Å². The van der Waals surface area contributed by atoms with E-state index in [2.05, 4.69) is 0 Å². The van der Waals surface area contributed by atoms with E-state index in [0.717, 1.165) is 0 Å². The second kappa shape index (κ2) is 6.10. The van der Waals surface area contributed by atoms with Crippen molar-refractivity contribution < 1.29 is 19.4 Å². The molecule has 17 heavy (non-hydrogen) atoms. The Labute approximate surface area is 100 Å². The third kappa shape index (κ3) is 3.64. The molecule has 0 aromatic heterocycles. The number of hydrogen-bond acceptors (Lipinski definition) is 5. The molecule has 0 radical (unpaired) electrons. The summed E-state index contributed by atoms with van der Waals surface area (Å²) < 4.78 is 10.1. The summed E-state index contributed by atoms with van der Waals surface area (Å²) in [5.41, 5.74) is 6.42. The molecule has 94 valence electrons. The number of esters is 1. The van der Waals surface area contributed by atoms with Crippen LogP contribution in [0.2, 0.25) is 0 Å². The van der Waals surface area contributed by atoms with E-state index < -0.39 is 5.97 Å². The van der Waals surface area contributed by atoms with E-state index in [-0.39, 0.29) is 19.1 Å². The third-order valence-electron chi connectivity index (χ3n) is 2.26. The molecule has 0 aliphatic rings. The zero-order valence-electron chi connectivity index (χ0n) is 9.97. The first kappa shape index (κ1) is 13.3. The Morgan fingerprint density at radius 3 is 2.82 bits per heavy atom. The molecule has 3 N–H and O–H groups in total. The van der Waals surface area contributed by atoms with Crippen molar-refractivity contribution in [1.82, 2.24) is 0 Å². The largest absolute Gasteiger partial charge is 0.496 e. The van der Waals surface area contributed by atoms with Crippen molar-refractivity contribution in [2.24, 2.45) is 5.92 Å². The van der Waals surface area contributed by atoms with Crippen LogP contribution in [-0.4, -0.2) is 31.4 Å². The normalized spacial score (nSPS) is 11.9. The maximum atomic E-state index is 11.7. The zero-order chi connectivity index (χ0) is 12.8. The van der Waals surface area contributed by atoms with Gasteiger partial charge in [-0.1, -0.05) is 6.92 Å². The van der Waals surface area contributed by atoms with Gasteiger partial charge in [0.15, 0.2) is 0 Å². The first-order valence-electron chi connectivity index (χ1n) is 5.30. The maximum Gasteiger partial charge on any atom is 0.341 e. The van der Waals surface area contributed by atoms with Crippen LogP contribution >= 0.6 is 0 Å². The van der Waals surface area contributed by atoms with Crippen LogP contribution in [-0.2, 0) is 4.74 Å². The van der Waals surface area contributed by atoms with Crippen molar-refractivity contribution in [1.29, 1.82) is 0 Å². The number of carbonyl (C=O) groups is 1. The minimum atomic E-state index is -0.484. The molecule has 1 unspecified atom stereocenters. The molecule has 1 aromatic carbocycles. The summed E-state index contributed by atoms with van der Waals surface area (Å²) in [5, 5.41) is 8.82. The number of aliphatic hydroxyl groups is 1. The van der Waals surface area contributed by atoms with Crippen LogP contribution in [0.4, 0.5) is 5.69 Å². The molecule has 0 heterocycles. The summed E-state index contributed by atoms with van der Waals surface area (Å²) in [7, 11) is 1.46. The average molecular weight is 239 g/mol. The Morgan fingerprint density at radius 1 is 1.53 bits per heavy atom. The molecular weight excluding hydrogens is 222 g/mol. The predicted molar refractivity (Wildman–Crippen MR) is 63.9 cm³/mol. The molecule has 0 fully saturated rings. The molecular formula is C12H17NO4. The Morgan fingerprint density at radius 2 is 2.24 bits per heavy atom. The highest BCUT2D eigenvalue weighted by Crippen LogP contribution is 2.22. The van der Waals surface area contributed by atoms with Gasteiger partial charge in [0.2, 0.25) is 0 Å². The summed E-state index contributed by atoms with van der Waals surface area (Å²) in [6.45, 7) is 1.93. The van der Waals surface area contributed by atoms with Gasteiger partial charge in [0, 0.05) is 24.3 Å². The molecule has 0 aliphatic carbocycles. The van der Waals surface area contributed by atoms with Gasteiger partial charge in [0.25, 0.3) is 0 Å². The summed E-state index contributed by atoms with van der Waals surface area (Å²) in [6, 6.07) is 4.72. The highest BCUT2D eigenvalue weighted by Gasteiger charge is 2.14. The van der Waals surface area contributed by atoms with E-state index >= 15 is 0 Å². The second-order valence-electron chi connectivity index (χ2n) is 3.85. The molecule has 5 nitrogen and oxygen atoms in total. The van der Waals surface area contributed by atoms with Crippen LogP contribution in [0, 0.1) is 5.92 Å². The lowest BCUT2D eigenvalue weighted by Gasteiger charge is -2.11.